The van der Waals surface area contributed by atoms with Crippen LogP contribution in [0.2, 0.25) is 0 Å². The predicted molar refractivity (Wildman–Crippen MR) is 67.7 cm³/mol. The van der Waals surface area contributed by atoms with Crippen molar-refractivity contribution in [3.8, 4) is 0 Å². The number of carbonyl (C=O) groups is 1. The third-order valence-corrected chi connectivity index (χ3v) is 3.36. The van der Waals surface area contributed by atoms with Crippen LogP contribution in [0.15, 0.2) is 24.3 Å². The lowest BCUT2D eigenvalue weighted by molar-refractivity contribution is -0.137. The number of alkyl halides is 3. The molecule has 0 aromatic heterocycles. The molecule has 1 heterocycles. The predicted octanol–water partition coefficient (Wildman–Crippen LogP) is 3.26. The summed E-state index contributed by atoms with van der Waals surface area (Å²) < 4.78 is 38.5. The Kier molecular flexibility index (Phi) is 4.06. The maximum atomic E-state index is 12.8. The number of nitrogens with one attached hydrogen (secondary N) is 1. The maximum absolute atomic E-state index is 12.8. The van der Waals surface area contributed by atoms with E-state index in [1.54, 1.807) is 6.07 Å². The van der Waals surface area contributed by atoms with E-state index in [0.29, 0.717) is 25.9 Å². The van der Waals surface area contributed by atoms with E-state index in [4.69, 9.17) is 5.11 Å². The number of hydrogen-bond donors (Lipinski definition) is 2. The fraction of sp³-hybridized carbons (Fsp3) is 0.462. The van der Waals surface area contributed by atoms with E-state index < -0.39 is 17.8 Å². The molecule has 0 saturated carbocycles. The minimum absolute atomic E-state index is 0.0498. The summed E-state index contributed by atoms with van der Waals surface area (Å²) >= 11 is 0. The number of likely N-dealkylation sites (tertiary alicyclic amines) is 1. The fourth-order valence-corrected chi connectivity index (χ4v) is 2.29. The molecule has 0 atom stereocenters. The highest BCUT2D eigenvalue weighted by Crippen LogP contribution is 2.35. The molecule has 1 fully saturated rings. The van der Waals surface area contributed by atoms with Gasteiger partial charge in [0.1, 0.15) is 0 Å². The van der Waals surface area contributed by atoms with Crippen LogP contribution in [0.25, 0.3) is 0 Å². The summed E-state index contributed by atoms with van der Waals surface area (Å²) in [5.41, 5.74) is -0.644. The number of para-hydroxylation sites is 1. The minimum Gasteiger partial charge on any atom is -0.465 e. The van der Waals surface area contributed by atoms with Gasteiger partial charge in [0.15, 0.2) is 0 Å². The maximum Gasteiger partial charge on any atom is 0.418 e. The number of nitrogens with zero attached hydrogens (tertiary/aromatic N) is 1. The minimum atomic E-state index is -4.40. The molecule has 2 rings (SSSR count). The lowest BCUT2D eigenvalue weighted by Crippen LogP contribution is -2.41. The summed E-state index contributed by atoms with van der Waals surface area (Å²) in [7, 11) is 0. The van der Waals surface area contributed by atoms with Crippen molar-refractivity contribution < 1.29 is 23.1 Å². The van der Waals surface area contributed by atoms with Crippen molar-refractivity contribution in [1.29, 1.82) is 0 Å². The number of piperidine rings is 1. The summed E-state index contributed by atoms with van der Waals surface area (Å²) in [6.45, 7) is 0.669. The van der Waals surface area contributed by atoms with Gasteiger partial charge in [-0.25, -0.2) is 4.79 Å². The standard InChI is InChI=1S/C13H15F3N2O2/c14-13(15,16)10-3-1-2-4-11(10)17-9-5-7-18(8-6-9)12(19)20/h1-4,9,17H,5-8H2,(H,19,20). The van der Waals surface area contributed by atoms with E-state index in [0.717, 1.165) is 6.07 Å². The number of carboxylic acid groups (broad SMARTS) is 1. The molecule has 0 bridgehead atoms. The molecule has 20 heavy (non-hydrogen) atoms. The molecule has 1 aromatic carbocycles. The Labute approximate surface area is 114 Å². The van der Waals surface area contributed by atoms with E-state index in [1.807, 2.05) is 0 Å². The summed E-state index contributed by atoms with van der Waals surface area (Å²) in [5, 5.41) is 11.7. The largest absolute Gasteiger partial charge is 0.465 e. The van der Waals surface area contributed by atoms with Crippen LogP contribution >= 0.6 is 0 Å². The smallest absolute Gasteiger partial charge is 0.418 e. The van der Waals surface area contributed by atoms with Gasteiger partial charge >= 0.3 is 12.3 Å². The van der Waals surface area contributed by atoms with Crippen molar-refractivity contribution >= 4 is 11.8 Å². The summed E-state index contributed by atoms with van der Waals surface area (Å²) in [4.78, 5) is 12.0. The van der Waals surface area contributed by atoms with Crippen molar-refractivity contribution in [1.82, 2.24) is 4.90 Å². The van der Waals surface area contributed by atoms with Crippen LogP contribution in [0.1, 0.15) is 18.4 Å². The molecule has 1 amide bonds. The summed E-state index contributed by atoms with van der Waals surface area (Å²) in [5.74, 6) is 0. The average molecular weight is 288 g/mol. The van der Waals surface area contributed by atoms with Crippen LogP contribution < -0.4 is 5.32 Å². The molecule has 1 aromatic rings. The van der Waals surface area contributed by atoms with Crippen molar-refractivity contribution in [2.24, 2.45) is 0 Å². The van der Waals surface area contributed by atoms with Crippen molar-refractivity contribution in [3.05, 3.63) is 29.8 Å². The lowest BCUT2D eigenvalue weighted by Gasteiger charge is -2.31. The number of hydrogen-bond acceptors (Lipinski definition) is 2. The van der Waals surface area contributed by atoms with Crippen LogP contribution in [-0.2, 0) is 6.18 Å². The highest BCUT2D eigenvalue weighted by atomic mass is 19.4. The second kappa shape index (κ2) is 5.60. The summed E-state index contributed by atoms with van der Waals surface area (Å²) in [6, 6.07) is 5.18. The van der Waals surface area contributed by atoms with Crippen molar-refractivity contribution in [2.75, 3.05) is 18.4 Å². The molecule has 110 valence electrons. The molecule has 1 saturated heterocycles. The normalized spacial score (nSPS) is 17.1. The molecule has 2 N–H and O–H groups in total. The second-order valence-corrected chi connectivity index (χ2v) is 4.73. The van der Waals surface area contributed by atoms with Gasteiger partial charge in [-0.1, -0.05) is 12.1 Å². The van der Waals surface area contributed by atoms with Gasteiger partial charge in [-0.15, -0.1) is 0 Å². The van der Waals surface area contributed by atoms with E-state index in [1.165, 1.54) is 17.0 Å². The van der Waals surface area contributed by atoms with Crippen molar-refractivity contribution in [3.63, 3.8) is 0 Å². The number of halogens is 3. The Bertz CT molecular complexity index is 483. The monoisotopic (exact) mass is 288 g/mol. The third-order valence-electron chi connectivity index (χ3n) is 3.36. The highest BCUT2D eigenvalue weighted by Gasteiger charge is 2.34. The number of anilines is 1. The molecule has 4 nitrogen and oxygen atoms in total. The Morgan fingerprint density at radius 1 is 1.25 bits per heavy atom. The first kappa shape index (κ1) is 14.5. The number of amides is 1. The lowest BCUT2D eigenvalue weighted by atomic mass is 10.0. The highest BCUT2D eigenvalue weighted by molar-refractivity contribution is 5.65. The first-order valence-corrected chi connectivity index (χ1v) is 6.28. The Morgan fingerprint density at radius 3 is 2.40 bits per heavy atom. The Balaban J connectivity index is 2.03. The van der Waals surface area contributed by atoms with E-state index in [2.05, 4.69) is 5.32 Å². The zero-order chi connectivity index (χ0) is 14.8. The second-order valence-electron chi connectivity index (χ2n) is 4.73. The van der Waals surface area contributed by atoms with Crippen LogP contribution in [-0.4, -0.2) is 35.2 Å². The summed E-state index contributed by atoms with van der Waals surface area (Å²) in [6.07, 6.45) is -4.39. The molecule has 0 aliphatic carbocycles. The van der Waals surface area contributed by atoms with Gasteiger partial charge in [0, 0.05) is 24.8 Å². The Hall–Kier alpha value is -1.92. The van der Waals surface area contributed by atoms with Gasteiger partial charge in [0.25, 0.3) is 0 Å². The molecule has 1 aliphatic heterocycles. The van der Waals surface area contributed by atoms with Gasteiger partial charge in [0.05, 0.1) is 5.56 Å². The molecular weight excluding hydrogens is 273 g/mol. The van der Waals surface area contributed by atoms with E-state index in [9.17, 15) is 18.0 Å². The van der Waals surface area contributed by atoms with Gasteiger partial charge in [0.2, 0.25) is 0 Å². The topological polar surface area (TPSA) is 52.6 Å². The van der Waals surface area contributed by atoms with Crippen molar-refractivity contribution in [2.45, 2.75) is 25.1 Å². The Morgan fingerprint density at radius 2 is 1.85 bits per heavy atom. The van der Waals surface area contributed by atoms with Gasteiger partial charge in [-0.2, -0.15) is 13.2 Å². The number of benzene rings is 1. The average Bonchev–Trinajstić information content (AvgIpc) is 2.38. The quantitative estimate of drug-likeness (QED) is 0.878. The first-order chi connectivity index (χ1) is 9.38. The molecular formula is C13H15F3N2O2. The van der Waals surface area contributed by atoms with Crippen LogP contribution in [0, 0.1) is 0 Å². The third kappa shape index (κ3) is 3.34. The molecule has 0 spiro atoms. The zero-order valence-corrected chi connectivity index (χ0v) is 10.7. The zero-order valence-electron chi connectivity index (χ0n) is 10.7. The molecule has 0 radical (unpaired) electrons. The van der Waals surface area contributed by atoms with E-state index >= 15 is 0 Å². The van der Waals surface area contributed by atoms with Crippen LogP contribution in [0.4, 0.5) is 23.7 Å². The van der Waals surface area contributed by atoms with Gasteiger partial charge < -0.3 is 15.3 Å². The molecule has 1 aliphatic rings. The SMILES string of the molecule is O=C(O)N1CCC(Nc2ccccc2C(F)(F)F)CC1. The van der Waals surface area contributed by atoms with Crippen LogP contribution in [0.5, 0.6) is 0 Å². The molecule has 0 unspecified atom stereocenters. The van der Waals surface area contributed by atoms with Gasteiger partial charge in [-0.05, 0) is 25.0 Å². The molecule has 7 heteroatoms. The van der Waals surface area contributed by atoms with Crippen LogP contribution in [0.3, 0.4) is 0 Å². The van der Waals surface area contributed by atoms with Gasteiger partial charge in [-0.3, -0.25) is 0 Å². The first-order valence-electron chi connectivity index (χ1n) is 6.28. The fourth-order valence-electron chi connectivity index (χ4n) is 2.29. The number of rotatable bonds is 2. The van der Waals surface area contributed by atoms with E-state index in [-0.39, 0.29) is 11.7 Å².